The molecule has 0 aliphatic rings. The molecule has 0 aliphatic heterocycles. The first kappa shape index (κ1) is 15.0. The van der Waals surface area contributed by atoms with E-state index < -0.39 is 0 Å². The maximum atomic E-state index is 4.13. The van der Waals surface area contributed by atoms with E-state index in [1.165, 1.54) is 0 Å². The molecule has 2 rings (SSSR count). The minimum Gasteiger partial charge on any atom is -0.324 e. The van der Waals surface area contributed by atoms with Gasteiger partial charge in [-0.25, -0.2) is 9.97 Å². The van der Waals surface area contributed by atoms with Crippen molar-refractivity contribution < 1.29 is 0 Å². The van der Waals surface area contributed by atoms with Crippen LogP contribution in [0.3, 0.4) is 0 Å². The number of hydrogen-bond donors (Lipinski definition) is 1. The number of benzene rings is 1. The van der Waals surface area contributed by atoms with Crippen molar-refractivity contribution in [1.82, 2.24) is 14.9 Å². The van der Waals surface area contributed by atoms with Crippen molar-refractivity contribution in [3.05, 3.63) is 48.3 Å². The van der Waals surface area contributed by atoms with Gasteiger partial charge in [0.05, 0.1) is 6.54 Å². The third kappa shape index (κ3) is 4.90. The van der Waals surface area contributed by atoms with Crippen LogP contribution in [-0.4, -0.2) is 34.5 Å². The summed E-state index contributed by atoms with van der Waals surface area (Å²) in [4.78, 5) is 10.5. The van der Waals surface area contributed by atoms with E-state index in [0.717, 1.165) is 30.9 Å². The summed E-state index contributed by atoms with van der Waals surface area (Å²) in [6, 6.07) is 9.76. The molecule has 0 atom stereocenters. The predicted octanol–water partition coefficient (Wildman–Crippen LogP) is 2.91. The van der Waals surface area contributed by atoms with Gasteiger partial charge in [-0.15, -0.1) is 0 Å². The zero-order chi connectivity index (χ0) is 14.9. The van der Waals surface area contributed by atoms with Crippen molar-refractivity contribution in [2.45, 2.75) is 13.8 Å². The highest BCUT2D eigenvalue weighted by Gasteiger charge is 1.96. The van der Waals surface area contributed by atoms with Crippen LogP contribution in [0.25, 0.3) is 0 Å². The number of nitrogens with zero attached hydrogens (tertiary/aromatic N) is 3. The number of nitrogens with one attached hydrogen (secondary N) is 1. The van der Waals surface area contributed by atoms with Crippen molar-refractivity contribution in [1.29, 1.82) is 0 Å². The van der Waals surface area contributed by atoms with Crippen LogP contribution in [0.4, 0.5) is 11.6 Å². The second-order valence-corrected chi connectivity index (χ2v) is 4.54. The van der Waals surface area contributed by atoms with E-state index in [1.54, 1.807) is 18.5 Å². The molecule has 21 heavy (non-hydrogen) atoms. The molecule has 0 aliphatic carbocycles. The average Bonchev–Trinajstić information content (AvgIpc) is 2.54. The molecule has 0 saturated carbocycles. The van der Waals surface area contributed by atoms with E-state index in [1.807, 2.05) is 24.3 Å². The summed E-state index contributed by atoms with van der Waals surface area (Å²) in [5.74, 6) is 6.98. The quantitative estimate of drug-likeness (QED) is 0.855. The minimum atomic E-state index is 0.595. The molecule has 0 fully saturated rings. The lowest BCUT2D eigenvalue weighted by Gasteiger charge is -2.13. The zero-order valence-electron chi connectivity index (χ0n) is 12.5. The van der Waals surface area contributed by atoms with E-state index in [-0.39, 0.29) is 0 Å². The Kier molecular flexibility index (Phi) is 5.74. The van der Waals surface area contributed by atoms with Gasteiger partial charge in [0, 0.05) is 23.6 Å². The van der Waals surface area contributed by atoms with E-state index >= 15 is 0 Å². The Morgan fingerprint density at radius 3 is 2.33 bits per heavy atom. The first-order valence-corrected chi connectivity index (χ1v) is 7.17. The van der Waals surface area contributed by atoms with Crippen LogP contribution >= 0.6 is 0 Å². The van der Waals surface area contributed by atoms with Gasteiger partial charge in [0.2, 0.25) is 5.95 Å². The Morgan fingerprint density at radius 2 is 1.71 bits per heavy atom. The molecule has 0 radical (unpaired) electrons. The summed E-state index contributed by atoms with van der Waals surface area (Å²) in [5.41, 5.74) is 1.97. The van der Waals surface area contributed by atoms with Crippen molar-refractivity contribution in [2.24, 2.45) is 0 Å². The largest absolute Gasteiger partial charge is 0.324 e. The molecule has 1 aromatic heterocycles. The molecule has 1 heterocycles. The predicted molar refractivity (Wildman–Crippen MR) is 86.4 cm³/mol. The zero-order valence-corrected chi connectivity index (χ0v) is 12.5. The third-order valence-corrected chi connectivity index (χ3v) is 3.14. The van der Waals surface area contributed by atoms with Crippen LogP contribution in [0, 0.1) is 11.8 Å². The van der Waals surface area contributed by atoms with Crippen LogP contribution in [0.1, 0.15) is 19.4 Å². The van der Waals surface area contributed by atoms with Gasteiger partial charge in [-0.2, -0.15) is 0 Å². The van der Waals surface area contributed by atoms with E-state index in [4.69, 9.17) is 0 Å². The summed E-state index contributed by atoms with van der Waals surface area (Å²) in [7, 11) is 0. The number of aromatic nitrogens is 2. The normalized spacial score (nSPS) is 10.0. The lowest BCUT2D eigenvalue weighted by Crippen LogP contribution is -2.22. The van der Waals surface area contributed by atoms with Gasteiger partial charge in [0.15, 0.2) is 0 Å². The Balaban J connectivity index is 1.95. The Hall–Kier alpha value is -2.38. The van der Waals surface area contributed by atoms with Crippen LogP contribution in [0.2, 0.25) is 0 Å². The van der Waals surface area contributed by atoms with Gasteiger partial charge in [0.1, 0.15) is 0 Å². The number of hydrogen-bond acceptors (Lipinski definition) is 4. The van der Waals surface area contributed by atoms with Crippen LogP contribution < -0.4 is 5.32 Å². The van der Waals surface area contributed by atoms with Crippen molar-refractivity contribution >= 4 is 11.6 Å². The number of anilines is 2. The maximum absolute atomic E-state index is 4.13. The summed E-state index contributed by atoms with van der Waals surface area (Å²) in [6.45, 7) is 7.18. The molecule has 0 saturated heterocycles. The van der Waals surface area contributed by atoms with E-state index in [9.17, 15) is 0 Å². The Bertz CT molecular complexity index is 592. The van der Waals surface area contributed by atoms with E-state index in [0.29, 0.717) is 5.95 Å². The summed E-state index contributed by atoms with van der Waals surface area (Å²) < 4.78 is 0. The second kappa shape index (κ2) is 8.03. The summed E-state index contributed by atoms with van der Waals surface area (Å²) in [6.07, 6.45) is 3.42. The standard InChI is InChI=1S/C17H20N4/c1-3-21(4-2)14-5-7-15-8-10-16(11-9-15)20-17-18-12-6-13-19-17/h6,8-13H,3-4,14H2,1-2H3,(H,18,19,20). The minimum absolute atomic E-state index is 0.595. The molecule has 1 aromatic carbocycles. The lowest BCUT2D eigenvalue weighted by atomic mass is 10.2. The monoisotopic (exact) mass is 280 g/mol. The number of rotatable bonds is 5. The lowest BCUT2D eigenvalue weighted by molar-refractivity contribution is 0.342. The average molecular weight is 280 g/mol. The molecule has 4 heteroatoms. The SMILES string of the molecule is CCN(CC)CC#Cc1ccc(Nc2ncccn2)cc1. The summed E-state index contributed by atoms with van der Waals surface area (Å²) >= 11 is 0. The fourth-order valence-electron chi connectivity index (χ4n) is 1.83. The van der Waals surface area contributed by atoms with Gasteiger partial charge < -0.3 is 5.32 Å². The Morgan fingerprint density at radius 1 is 1.05 bits per heavy atom. The summed E-state index contributed by atoms with van der Waals surface area (Å²) in [5, 5.41) is 3.15. The molecule has 0 unspecified atom stereocenters. The van der Waals surface area contributed by atoms with Crippen LogP contribution in [0.5, 0.6) is 0 Å². The van der Waals surface area contributed by atoms with E-state index in [2.05, 4.69) is 45.9 Å². The molecule has 4 nitrogen and oxygen atoms in total. The molecule has 0 spiro atoms. The van der Waals surface area contributed by atoms with Crippen molar-refractivity contribution in [3.8, 4) is 11.8 Å². The van der Waals surface area contributed by atoms with Crippen LogP contribution in [-0.2, 0) is 0 Å². The van der Waals surface area contributed by atoms with Gasteiger partial charge in [-0.1, -0.05) is 25.7 Å². The van der Waals surface area contributed by atoms with Gasteiger partial charge in [-0.3, -0.25) is 4.90 Å². The third-order valence-electron chi connectivity index (χ3n) is 3.14. The van der Waals surface area contributed by atoms with Crippen LogP contribution in [0.15, 0.2) is 42.7 Å². The molecule has 1 N–H and O–H groups in total. The first-order chi connectivity index (χ1) is 10.3. The highest BCUT2D eigenvalue weighted by Crippen LogP contribution is 2.12. The van der Waals surface area contributed by atoms with Gasteiger partial charge >= 0.3 is 0 Å². The van der Waals surface area contributed by atoms with Gasteiger partial charge in [0.25, 0.3) is 0 Å². The topological polar surface area (TPSA) is 41.0 Å². The molecule has 0 amide bonds. The fraction of sp³-hybridized carbons (Fsp3) is 0.294. The first-order valence-electron chi connectivity index (χ1n) is 7.17. The molecule has 0 bridgehead atoms. The molecule has 108 valence electrons. The highest BCUT2D eigenvalue weighted by molar-refractivity contribution is 5.55. The fourth-order valence-corrected chi connectivity index (χ4v) is 1.83. The highest BCUT2D eigenvalue weighted by atomic mass is 15.1. The van der Waals surface area contributed by atoms with Crippen molar-refractivity contribution in [3.63, 3.8) is 0 Å². The maximum Gasteiger partial charge on any atom is 0.227 e. The second-order valence-electron chi connectivity index (χ2n) is 4.54. The smallest absolute Gasteiger partial charge is 0.227 e. The van der Waals surface area contributed by atoms with Gasteiger partial charge in [-0.05, 0) is 43.4 Å². The molecular weight excluding hydrogens is 260 g/mol. The van der Waals surface area contributed by atoms with Crippen molar-refractivity contribution in [2.75, 3.05) is 25.0 Å². The molecule has 2 aromatic rings. The molecular formula is C17H20N4. The Labute approximate surface area is 126 Å².